The minimum Gasteiger partial charge on any atom is -0.313 e. The predicted molar refractivity (Wildman–Crippen MR) is 70.7 cm³/mol. The topological polar surface area (TPSA) is 12.0 Å². The summed E-state index contributed by atoms with van der Waals surface area (Å²) >= 11 is 7.77. The molecular formula is C12H17ClFNS. The molecule has 0 aromatic heterocycles. The zero-order valence-corrected chi connectivity index (χ0v) is 11.2. The maximum atomic E-state index is 12.8. The zero-order valence-electron chi connectivity index (χ0n) is 9.59. The Bertz CT molecular complexity index is 333. The molecule has 16 heavy (non-hydrogen) atoms. The van der Waals surface area contributed by atoms with E-state index >= 15 is 0 Å². The van der Waals surface area contributed by atoms with Crippen molar-refractivity contribution in [3.8, 4) is 0 Å². The average Bonchev–Trinajstić information content (AvgIpc) is 2.26. The summed E-state index contributed by atoms with van der Waals surface area (Å²) in [6.45, 7) is 3.85. The van der Waals surface area contributed by atoms with Crippen molar-refractivity contribution in [2.75, 3.05) is 12.8 Å². The minimum absolute atomic E-state index is 0.287. The van der Waals surface area contributed by atoms with Crippen LogP contribution in [0.1, 0.15) is 18.9 Å². The molecule has 0 radical (unpaired) electrons. The molecule has 90 valence electrons. The van der Waals surface area contributed by atoms with E-state index in [0.717, 1.165) is 18.5 Å². The second kappa shape index (κ2) is 7.15. The van der Waals surface area contributed by atoms with Gasteiger partial charge in [0, 0.05) is 16.8 Å². The van der Waals surface area contributed by atoms with E-state index in [4.69, 9.17) is 11.6 Å². The Kier molecular flexibility index (Phi) is 6.17. The predicted octanol–water partition coefficient (Wildman–Crippen LogP) is 3.71. The molecule has 0 fully saturated rings. The number of halogens is 2. The Labute approximate surface area is 106 Å². The molecule has 1 aromatic rings. The number of nitrogens with one attached hydrogen (secondary N) is 1. The fraction of sp³-hybridized carbons (Fsp3) is 0.500. The van der Waals surface area contributed by atoms with Crippen molar-refractivity contribution in [3.05, 3.63) is 34.6 Å². The lowest BCUT2D eigenvalue weighted by Gasteiger charge is -2.10. The van der Waals surface area contributed by atoms with Crippen LogP contribution in [0.15, 0.2) is 18.2 Å². The molecule has 1 nitrogen and oxygen atoms in total. The van der Waals surface area contributed by atoms with E-state index in [9.17, 15) is 4.39 Å². The third-order valence-electron chi connectivity index (χ3n) is 2.46. The fourth-order valence-corrected chi connectivity index (χ4v) is 1.90. The molecule has 0 aliphatic carbocycles. The Morgan fingerprint density at radius 2 is 2.25 bits per heavy atom. The molecule has 1 aromatic carbocycles. The van der Waals surface area contributed by atoms with Crippen LogP contribution < -0.4 is 5.32 Å². The molecule has 1 N–H and O–H groups in total. The van der Waals surface area contributed by atoms with E-state index < -0.39 is 0 Å². The van der Waals surface area contributed by atoms with Gasteiger partial charge in [-0.05, 0) is 36.9 Å². The van der Waals surface area contributed by atoms with E-state index in [-0.39, 0.29) is 5.82 Å². The molecule has 0 aliphatic heterocycles. The first-order valence-electron chi connectivity index (χ1n) is 5.31. The van der Waals surface area contributed by atoms with Crippen molar-refractivity contribution in [3.63, 3.8) is 0 Å². The number of benzene rings is 1. The largest absolute Gasteiger partial charge is 0.313 e. The third kappa shape index (κ3) is 4.73. The summed E-state index contributed by atoms with van der Waals surface area (Å²) in [5, 5.41) is 4.46. The molecular weight excluding hydrogens is 245 g/mol. The maximum absolute atomic E-state index is 12.8. The summed E-state index contributed by atoms with van der Waals surface area (Å²) in [6.07, 6.45) is 3.24. The van der Waals surface area contributed by atoms with Gasteiger partial charge in [0.25, 0.3) is 0 Å². The van der Waals surface area contributed by atoms with Crippen LogP contribution in [-0.2, 0) is 6.54 Å². The molecule has 0 aliphatic rings. The highest BCUT2D eigenvalue weighted by atomic mass is 35.5. The lowest BCUT2D eigenvalue weighted by molar-refractivity contribution is 0.622. The molecule has 0 heterocycles. The van der Waals surface area contributed by atoms with Crippen molar-refractivity contribution in [1.29, 1.82) is 0 Å². The van der Waals surface area contributed by atoms with Crippen LogP contribution in [0.5, 0.6) is 0 Å². The van der Waals surface area contributed by atoms with Crippen LogP contribution in [0.25, 0.3) is 0 Å². The summed E-state index contributed by atoms with van der Waals surface area (Å²) < 4.78 is 12.8. The number of rotatable bonds is 6. The molecule has 0 spiro atoms. The van der Waals surface area contributed by atoms with Gasteiger partial charge in [-0.15, -0.1) is 0 Å². The van der Waals surface area contributed by atoms with Crippen molar-refractivity contribution >= 4 is 23.4 Å². The van der Waals surface area contributed by atoms with Crippen molar-refractivity contribution < 1.29 is 4.39 Å². The van der Waals surface area contributed by atoms with Crippen molar-refractivity contribution in [2.45, 2.75) is 25.1 Å². The Hall–Kier alpha value is -0.250. The molecule has 0 bridgehead atoms. The third-order valence-corrected chi connectivity index (χ3v) is 3.85. The highest BCUT2D eigenvalue weighted by molar-refractivity contribution is 7.99. The van der Waals surface area contributed by atoms with Gasteiger partial charge in [0.1, 0.15) is 5.82 Å². The van der Waals surface area contributed by atoms with Gasteiger partial charge in [-0.1, -0.05) is 24.6 Å². The highest BCUT2D eigenvalue weighted by Crippen LogP contribution is 2.17. The summed E-state index contributed by atoms with van der Waals surface area (Å²) in [5.41, 5.74) is 0.944. The van der Waals surface area contributed by atoms with E-state index in [2.05, 4.69) is 18.5 Å². The quantitative estimate of drug-likeness (QED) is 0.784. The number of hydrogen-bond donors (Lipinski definition) is 1. The minimum atomic E-state index is -0.287. The summed E-state index contributed by atoms with van der Waals surface area (Å²) in [7, 11) is 0. The van der Waals surface area contributed by atoms with E-state index in [1.807, 2.05) is 11.8 Å². The molecule has 0 saturated heterocycles. The van der Waals surface area contributed by atoms with Crippen LogP contribution in [0.4, 0.5) is 4.39 Å². The first kappa shape index (κ1) is 13.8. The fourth-order valence-electron chi connectivity index (χ4n) is 1.31. The Morgan fingerprint density at radius 1 is 1.50 bits per heavy atom. The van der Waals surface area contributed by atoms with Gasteiger partial charge in [0.15, 0.2) is 0 Å². The van der Waals surface area contributed by atoms with E-state index in [1.165, 1.54) is 12.1 Å². The van der Waals surface area contributed by atoms with Gasteiger partial charge in [-0.25, -0.2) is 4.39 Å². The standard InChI is InChI=1S/C12H17ClFNS/c1-9(16-2)5-6-15-8-10-3-4-11(14)7-12(10)13/h3-4,7,9,15H,5-6,8H2,1-2H3. The first-order valence-corrected chi connectivity index (χ1v) is 6.97. The monoisotopic (exact) mass is 261 g/mol. The Balaban J connectivity index is 2.32. The molecule has 0 amide bonds. The van der Waals surface area contributed by atoms with Crippen molar-refractivity contribution in [1.82, 2.24) is 5.32 Å². The van der Waals surface area contributed by atoms with Gasteiger partial charge in [-0.2, -0.15) is 11.8 Å². The van der Waals surface area contributed by atoms with Crippen LogP contribution >= 0.6 is 23.4 Å². The van der Waals surface area contributed by atoms with Crippen LogP contribution in [0.2, 0.25) is 5.02 Å². The second-order valence-corrected chi connectivity index (χ2v) is 5.43. The number of hydrogen-bond acceptors (Lipinski definition) is 2. The highest BCUT2D eigenvalue weighted by Gasteiger charge is 2.02. The summed E-state index contributed by atoms with van der Waals surface area (Å²) in [5.74, 6) is -0.287. The molecule has 1 rings (SSSR count). The van der Waals surface area contributed by atoms with Crippen LogP contribution in [0.3, 0.4) is 0 Å². The summed E-state index contributed by atoms with van der Waals surface area (Å²) in [6, 6.07) is 4.51. The van der Waals surface area contributed by atoms with Crippen molar-refractivity contribution in [2.24, 2.45) is 0 Å². The first-order chi connectivity index (χ1) is 7.63. The second-order valence-electron chi connectivity index (χ2n) is 3.75. The lowest BCUT2D eigenvalue weighted by atomic mass is 10.2. The smallest absolute Gasteiger partial charge is 0.124 e. The zero-order chi connectivity index (χ0) is 12.0. The van der Waals surface area contributed by atoms with Gasteiger partial charge in [-0.3, -0.25) is 0 Å². The SMILES string of the molecule is CSC(C)CCNCc1ccc(F)cc1Cl. The lowest BCUT2D eigenvalue weighted by Crippen LogP contribution is -2.17. The maximum Gasteiger partial charge on any atom is 0.124 e. The van der Waals surface area contributed by atoms with Crippen LogP contribution in [-0.4, -0.2) is 18.1 Å². The normalized spacial score (nSPS) is 12.8. The van der Waals surface area contributed by atoms with Gasteiger partial charge < -0.3 is 5.32 Å². The van der Waals surface area contributed by atoms with Gasteiger partial charge in [0.2, 0.25) is 0 Å². The average molecular weight is 262 g/mol. The molecule has 4 heteroatoms. The Morgan fingerprint density at radius 3 is 2.88 bits per heavy atom. The van der Waals surface area contributed by atoms with E-state index in [1.54, 1.807) is 6.07 Å². The molecule has 0 saturated carbocycles. The number of thioether (sulfide) groups is 1. The molecule has 1 atom stereocenters. The van der Waals surface area contributed by atoms with Gasteiger partial charge >= 0.3 is 0 Å². The molecule has 1 unspecified atom stereocenters. The van der Waals surface area contributed by atoms with Crippen LogP contribution in [0, 0.1) is 5.82 Å². The van der Waals surface area contributed by atoms with Gasteiger partial charge in [0.05, 0.1) is 0 Å². The van der Waals surface area contributed by atoms with E-state index in [0.29, 0.717) is 16.8 Å². The summed E-state index contributed by atoms with van der Waals surface area (Å²) in [4.78, 5) is 0.